The summed E-state index contributed by atoms with van der Waals surface area (Å²) in [6, 6.07) is 6.48. The third-order valence-electron chi connectivity index (χ3n) is 2.29. The standard InChI is InChI=1S/C12H12FNOS/c1-8-7-16-12(14-8)11(15)6-9-4-2-3-5-10(9)13/h2-5,7,11,15H,6H2,1H3. The summed E-state index contributed by atoms with van der Waals surface area (Å²) in [5.74, 6) is -0.283. The Morgan fingerprint density at radius 1 is 1.44 bits per heavy atom. The fourth-order valence-electron chi connectivity index (χ4n) is 1.48. The molecule has 0 aliphatic rings. The zero-order valence-electron chi connectivity index (χ0n) is 8.85. The van der Waals surface area contributed by atoms with Crippen LogP contribution in [0.5, 0.6) is 0 Å². The Bertz CT molecular complexity index is 483. The molecule has 0 aliphatic heterocycles. The minimum absolute atomic E-state index is 0.264. The van der Waals surface area contributed by atoms with Crippen LogP contribution < -0.4 is 0 Å². The Balaban J connectivity index is 2.13. The predicted molar refractivity (Wildman–Crippen MR) is 61.9 cm³/mol. The summed E-state index contributed by atoms with van der Waals surface area (Å²) in [6.45, 7) is 1.87. The van der Waals surface area contributed by atoms with Crippen molar-refractivity contribution in [3.05, 3.63) is 51.7 Å². The summed E-state index contributed by atoms with van der Waals surface area (Å²) in [6.07, 6.45) is -0.463. The van der Waals surface area contributed by atoms with Gasteiger partial charge >= 0.3 is 0 Å². The Hall–Kier alpha value is -1.26. The molecule has 2 nitrogen and oxygen atoms in total. The average Bonchev–Trinajstić information content (AvgIpc) is 2.68. The van der Waals surface area contributed by atoms with Gasteiger partial charge in [-0.25, -0.2) is 9.37 Å². The topological polar surface area (TPSA) is 33.1 Å². The molecule has 4 heteroatoms. The predicted octanol–water partition coefficient (Wildman–Crippen LogP) is 2.87. The largest absolute Gasteiger partial charge is 0.386 e. The number of hydrogen-bond acceptors (Lipinski definition) is 3. The van der Waals surface area contributed by atoms with E-state index in [4.69, 9.17) is 0 Å². The molecule has 0 fully saturated rings. The normalized spacial score (nSPS) is 12.7. The van der Waals surface area contributed by atoms with Crippen LogP contribution in [0, 0.1) is 12.7 Å². The molecule has 0 aliphatic carbocycles. The number of rotatable bonds is 3. The maximum Gasteiger partial charge on any atom is 0.126 e. The zero-order chi connectivity index (χ0) is 11.5. The number of benzene rings is 1. The molecule has 0 saturated heterocycles. The Labute approximate surface area is 97.4 Å². The highest BCUT2D eigenvalue weighted by Crippen LogP contribution is 2.22. The van der Waals surface area contributed by atoms with Crippen LogP contribution >= 0.6 is 11.3 Å². The fourth-order valence-corrected chi connectivity index (χ4v) is 2.27. The van der Waals surface area contributed by atoms with E-state index in [0.717, 1.165) is 5.69 Å². The highest BCUT2D eigenvalue weighted by Gasteiger charge is 2.14. The molecular formula is C12H12FNOS. The maximum atomic E-state index is 13.3. The summed E-state index contributed by atoms with van der Waals surface area (Å²) >= 11 is 1.40. The zero-order valence-corrected chi connectivity index (χ0v) is 9.67. The van der Waals surface area contributed by atoms with E-state index in [2.05, 4.69) is 4.98 Å². The van der Waals surface area contributed by atoms with Crippen molar-refractivity contribution in [2.24, 2.45) is 0 Å². The smallest absolute Gasteiger partial charge is 0.126 e. The van der Waals surface area contributed by atoms with Crippen molar-refractivity contribution in [3.8, 4) is 0 Å². The minimum atomic E-state index is -0.726. The monoisotopic (exact) mass is 237 g/mol. The van der Waals surface area contributed by atoms with Crippen molar-refractivity contribution in [2.75, 3.05) is 0 Å². The van der Waals surface area contributed by atoms with E-state index in [1.54, 1.807) is 18.2 Å². The van der Waals surface area contributed by atoms with E-state index in [-0.39, 0.29) is 12.2 Å². The SMILES string of the molecule is Cc1csc(C(O)Cc2ccccc2F)n1. The van der Waals surface area contributed by atoms with E-state index < -0.39 is 6.10 Å². The lowest BCUT2D eigenvalue weighted by Gasteiger charge is -2.08. The summed E-state index contributed by atoms with van der Waals surface area (Å²) < 4.78 is 13.3. The second-order valence-electron chi connectivity index (χ2n) is 3.64. The highest BCUT2D eigenvalue weighted by atomic mass is 32.1. The summed E-state index contributed by atoms with van der Waals surface area (Å²) in [7, 11) is 0. The van der Waals surface area contributed by atoms with Gasteiger partial charge in [-0.3, -0.25) is 0 Å². The summed E-state index contributed by atoms with van der Waals surface area (Å²) in [5.41, 5.74) is 1.40. The molecule has 2 rings (SSSR count). The van der Waals surface area contributed by atoms with E-state index in [1.807, 2.05) is 12.3 Å². The molecule has 1 unspecified atom stereocenters. The van der Waals surface area contributed by atoms with Crippen LogP contribution in [0.1, 0.15) is 22.4 Å². The molecular weight excluding hydrogens is 225 g/mol. The molecule has 1 aromatic heterocycles. The van der Waals surface area contributed by atoms with Gasteiger partial charge in [0.15, 0.2) is 0 Å². The first-order chi connectivity index (χ1) is 7.66. The summed E-state index contributed by atoms with van der Waals surface area (Å²) in [5, 5.41) is 12.4. The van der Waals surface area contributed by atoms with Gasteiger partial charge in [-0.15, -0.1) is 11.3 Å². The van der Waals surface area contributed by atoms with E-state index in [1.165, 1.54) is 17.4 Å². The molecule has 0 saturated carbocycles. The second kappa shape index (κ2) is 4.72. The number of hydrogen-bond donors (Lipinski definition) is 1. The highest BCUT2D eigenvalue weighted by molar-refractivity contribution is 7.09. The van der Waals surface area contributed by atoms with E-state index >= 15 is 0 Å². The third kappa shape index (κ3) is 2.46. The van der Waals surface area contributed by atoms with Gasteiger partial charge in [0.1, 0.15) is 16.9 Å². The molecule has 1 heterocycles. The van der Waals surface area contributed by atoms with Crippen LogP contribution in [0.3, 0.4) is 0 Å². The van der Waals surface area contributed by atoms with Crippen molar-refractivity contribution in [1.82, 2.24) is 4.98 Å². The molecule has 0 amide bonds. The first-order valence-electron chi connectivity index (χ1n) is 5.00. The van der Waals surface area contributed by atoms with Crippen molar-refractivity contribution < 1.29 is 9.50 Å². The Kier molecular flexibility index (Phi) is 3.31. The van der Waals surface area contributed by atoms with Crippen LogP contribution in [0.15, 0.2) is 29.6 Å². The van der Waals surface area contributed by atoms with Crippen LogP contribution in [0.2, 0.25) is 0 Å². The first kappa shape index (κ1) is 11.2. The first-order valence-corrected chi connectivity index (χ1v) is 5.88. The summed E-state index contributed by atoms with van der Waals surface area (Å²) in [4.78, 5) is 4.18. The number of aliphatic hydroxyl groups is 1. The molecule has 0 radical (unpaired) electrons. The van der Waals surface area contributed by atoms with Gasteiger partial charge in [0.2, 0.25) is 0 Å². The molecule has 1 atom stereocenters. The number of aryl methyl sites for hydroxylation is 1. The Morgan fingerprint density at radius 3 is 2.81 bits per heavy atom. The molecule has 0 bridgehead atoms. The van der Waals surface area contributed by atoms with Gasteiger partial charge in [0.05, 0.1) is 0 Å². The van der Waals surface area contributed by atoms with Crippen molar-refractivity contribution in [2.45, 2.75) is 19.4 Å². The molecule has 16 heavy (non-hydrogen) atoms. The van der Waals surface area contributed by atoms with Gasteiger partial charge in [-0.1, -0.05) is 18.2 Å². The number of aromatic nitrogens is 1. The van der Waals surface area contributed by atoms with Gasteiger partial charge in [-0.05, 0) is 18.6 Å². The average molecular weight is 237 g/mol. The van der Waals surface area contributed by atoms with Crippen molar-refractivity contribution in [3.63, 3.8) is 0 Å². The maximum absolute atomic E-state index is 13.3. The van der Waals surface area contributed by atoms with Gasteiger partial charge in [0.25, 0.3) is 0 Å². The van der Waals surface area contributed by atoms with Crippen LogP contribution in [-0.2, 0) is 6.42 Å². The lowest BCUT2D eigenvalue weighted by molar-refractivity contribution is 0.176. The van der Waals surface area contributed by atoms with Crippen LogP contribution in [0.25, 0.3) is 0 Å². The second-order valence-corrected chi connectivity index (χ2v) is 4.53. The number of halogens is 1. The lowest BCUT2D eigenvalue weighted by atomic mass is 10.1. The van der Waals surface area contributed by atoms with Gasteiger partial charge in [-0.2, -0.15) is 0 Å². The Morgan fingerprint density at radius 2 is 2.19 bits per heavy atom. The molecule has 0 spiro atoms. The number of aliphatic hydroxyl groups excluding tert-OH is 1. The van der Waals surface area contributed by atoms with Crippen molar-refractivity contribution in [1.29, 1.82) is 0 Å². The van der Waals surface area contributed by atoms with Gasteiger partial charge in [0, 0.05) is 17.5 Å². The molecule has 84 valence electrons. The number of thiazole rings is 1. The fraction of sp³-hybridized carbons (Fsp3) is 0.250. The van der Waals surface area contributed by atoms with Crippen molar-refractivity contribution >= 4 is 11.3 Å². The lowest BCUT2D eigenvalue weighted by Crippen LogP contribution is -2.03. The molecule has 2 aromatic rings. The van der Waals surface area contributed by atoms with Gasteiger partial charge < -0.3 is 5.11 Å². The van der Waals surface area contributed by atoms with Crippen LogP contribution in [0.4, 0.5) is 4.39 Å². The quantitative estimate of drug-likeness (QED) is 0.890. The third-order valence-corrected chi connectivity index (χ3v) is 3.36. The molecule has 1 aromatic carbocycles. The minimum Gasteiger partial charge on any atom is -0.386 e. The number of nitrogens with zero attached hydrogens (tertiary/aromatic N) is 1. The van der Waals surface area contributed by atoms with E-state index in [9.17, 15) is 9.50 Å². The van der Waals surface area contributed by atoms with E-state index in [0.29, 0.717) is 10.6 Å². The molecule has 1 N–H and O–H groups in total. The van der Waals surface area contributed by atoms with Crippen LogP contribution in [-0.4, -0.2) is 10.1 Å².